The molecule has 1 aromatic heterocycles. The minimum atomic E-state index is -0.519. The van der Waals surface area contributed by atoms with Gasteiger partial charge in [0, 0.05) is 24.1 Å². The Balaban J connectivity index is 2.26. The predicted octanol–water partition coefficient (Wildman–Crippen LogP) is 1.09. The molecule has 1 amide bonds. The average molecular weight is 266 g/mol. The number of carbonyl (C=O) groups is 1. The number of nitrogens with two attached hydrogens (primary N) is 2. The van der Waals surface area contributed by atoms with Crippen molar-refractivity contribution < 1.29 is 4.79 Å². The lowest BCUT2D eigenvalue weighted by Crippen LogP contribution is -2.38. The first-order valence-electron chi connectivity index (χ1n) is 6.04. The second-order valence-electron chi connectivity index (χ2n) is 4.32. The Morgan fingerprint density at radius 3 is 3.06 bits per heavy atom. The van der Waals surface area contributed by atoms with Gasteiger partial charge in [-0.05, 0) is 18.6 Å². The van der Waals surface area contributed by atoms with E-state index in [-0.39, 0.29) is 5.69 Å². The molecule has 1 fully saturated rings. The van der Waals surface area contributed by atoms with Gasteiger partial charge in [0.15, 0.2) is 5.82 Å². The zero-order valence-corrected chi connectivity index (χ0v) is 11.2. The topological polar surface area (TPSA) is 85.2 Å². The molecule has 1 saturated heterocycles. The van der Waals surface area contributed by atoms with Crippen molar-refractivity contribution in [3.8, 4) is 0 Å². The van der Waals surface area contributed by atoms with E-state index in [0.717, 1.165) is 25.3 Å². The summed E-state index contributed by atoms with van der Waals surface area (Å²) in [6.07, 6.45) is 1.12. The number of primary amides is 1. The molecule has 18 heavy (non-hydrogen) atoms. The second kappa shape index (κ2) is 5.48. The fourth-order valence-electron chi connectivity index (χ4n) is 2.01. The summed E-state index contributed by atoms with van der Waals surface area (Å²) in [6, 6.07) is 3.27. The number of nitrogens with zero attached hydrogens (tertiary/aromatic N) is 2. The Bertz CT molecular complexity index is 452. The molecule has 1 aliphatic heterocycles. The molecule has 0 aliphatic carbocycles. The molecule has 0 saturated carbocycles. The van der Waals surface area contributed by atoms with Crippen molar-refractivity contribution >= 4 is 29.2 Å². The van der Waals surface area contributed by atoms with E-state index in [1.165, 1.54) is 0 Å². The number of pyridine rings is 1. The van der Waals surface area contributed by atoms with Crippen molar-refractivity contribution in [2.45, 2.75) is 18.6 Å². The molecule has 2 heterocycles. The first-order chi connectivity index (χ1) is 8.61. The van der Waals surface area contributed by atoms with E-state index in [1.807, 2.05) is 11.8 Å². The Hall–Kier alpha value is -1.43. The van der Waals surface area contributed by atoms with E-state index in [9.17, 15) is 4.79 Å². The van der Waals surface area contributed by atoms with E-state index < -0.39 is 5.91 Å². The molecule has 0 spiro atoms. The lowest BCUT2D eigenvalue weighted by molar-refractivity contribution is 0.0995. The molecule has 0 bridgehead atoms. The number of nitrogen functional groups attached to an aromatic ring is 1. The maximum atomic E-state index is 11.2. The number of rotatable bonds is 3. The van der Waals surface area contributed by atoms with Gasteiger partial charge in [0.25, 0.3) is 5.91 Å². The number of hydrogen-bond acceptors (Lipinski definition) is 5. The third-order valence-corrected chi connectivity index (χ3v) is 4.42. The van der Waals surface area contributed by atoms with Gasteiger partial charge in [0.2, 0.25) is 0 Å². The van der Waals surface area contributed by atoms with E-state index in [2.05, 4.69) is 16.8 Å². The van der Waals surface area contributed by atoms with Crippen LogP contribution in [0.2, 0.25) is 0 Å². The Kier molecular flexibility index (Phi) is 3.96. The van der Waals surface area contributed by atoms with Gasteiger partial charge < -0.3 is 16.4 Å². The highest BCUT2D eigenvalue weighted by atomic mass is 32.2. The third-order valence-electron chi connectivity index (χ3n) is 3.05. The number of amides is 1. The van der Waals surface area contributed by atoms with Crippen LogP contribution in [0.5, 0.6) is 0 Å². The lowest BCUT2D eigenvalue weighted by atomic mass is 10.2. The molecular formula is C12H18N4OS. The summed E-state index contributed by atoms with van der Waals surface area (Å²) in [5.74, 6) is 1.22. The van der Waals surface area contributed by atoms with Crippen LogP contribution in [-0.4, -0.2) is 35.0 Å². The highest BCUT2D eigenvalue weighted by Crippen LogP contribution is 2.28. The third kappa shape index (κ3) is 2.69. The van der Waals surface area contributed by atoms with Gasteiger partial charge >= 0.3 is 0 Å². The standard InChI is InChI=1S/C12H18N4OS/c1-2-8-7-16(5-6-18-8)12-9(13)3-4-10(15-12)11(14)17/h3-4,8H,2,5-7,13H2,1H3,(H2,14,17). The van der Waals surface area contributed by atoms with Gasteiger partial charge in [-0.2, -0.15) is 11.8 Å². The molecule has 4 N–H and O–H groups in total. The zero-order chi connectivity index (χ0) is 13.1. The minimum Gasteiger partial charge on any atom is -0.396 e. The van der Waals surface area contributed by atoms with Gasteiger partial charge in [-0.1, -0.05) is 6.92 Å². The largest absolute Gasteiger partial charge is 0.396 e. The smallest absolute Gasteiger partial charge is 0.267 e. The van der Waals surface area contributed by atoms with Gasteiger partial charge in [-0.3, -0.25) is 4.79 Å². The SMILES string of the molecule is CCC1CN(c2nc(C(N)=O)ccc2N)CCS1. The molecule has 98 valence electrons. The minimum absolute atomic E-state index is 0.269. The number of anilines is 2. The average Bonchev–Trinajstić information content (AvgIpc) is 2.39. The quantitative estimate of drug-likeness (QED) is 0.855. The molecule has 2 rings (SSSR count). The van der Waals surface area contributed by atoms with Crippen LogP contribution in [-0.2, 0) is 0 Å². The molecule has 0 aromatic carbocycles. The molecule has 1 aliphatic rings. The second-order valence-corrected chi connectivity index (χ2v) is 5.73. The van der Waals surface area contributed by atoms with Crippen LogP contribution in [0, 0.1) is 0 Å². The van der Waals surface area contributed by atoms with E-state index in [0.29, 0.717) is 16.8 Å². The summed E-state index contributed by atoms with van der Waals surface area (Å²) in [5.41, 5.74) is 12.1. The van der Waals surface area contributed by atoms with Gasteiger partial charge in [-0.25, -0.2) is 4.98 Å². The number of thioether (sulfide) groups is 1. The van der Waals surface area contributed by atoms with Crippen LogP contribution in [0.3, 0.4) is 0 Å². The summed E-state index contributed by atoms with van der Waals surface area (Å²) in [7, 11) is 0. The van der Waals surface area contributed by atoms with Crippen LogP contribution < -0.4 is 16.4 Å². The van der Waals surface area contributed by atoms with Crippen LogP contribution in [0.1, 0.15) is 23.8 Å². The molecule has 6 heteroatoms. The van der Waals surface area contributed by atoms with Gasteiger partial charge in [-0.15, -0.1) is 0 Å². The van der Waals surface area contributed by atoms with Crippen LogP contribution in [0.15, 0.2) is 12.1 Å². The van der Waals surface area contributed by atoms with Crippen LogP contribution >= 0.6 is 11.8 Å². The highest BCUT2D eigenvalue weighted by Gasteiger charge is 2.22. The summed E-state index contributed by atoms with van der Waals surface area (Å²) in [6.45, 7) is 4.00. The van der Waals surface area contributed by atoms with Crippen LogP contribution in [0.25, 0.3) is 0 Å². The molecule has 1 aromatic rings. The number of carbonyl (C=O) groups excluding carboxylic acids is 1. The number of aromatic nitrogens is 1. The van der Waals surface area contributed by atoms with Gasteiger partial charge in [0.1, 0.15) is 5.69 Å². The molecule has 1 unspecified atom stereocenters. The van der Waals surface area contributed by atoms with E-state index in [1.54, 1.807) is 12.1 Å². The molecule has 1 atom stereocenters. The predicted molar refractivity (Wildman–Crippen MR) is 75.9 cm³/mol. The monoisotopic (exact) mass is 266 g/mol. The van der Waals surface area contributed by atoms with E-state index in [4.69, 9.17) is 11.5 Å². The molecular weight excluding hydrogens is 248 g/mol. The summed E-state index contributed by atoms with van der Waals surface area (Å²) in [4.78, 5) is 17.6. The lowest BCUT2D eigenvalue weighted by Gasteiger charge is -2.33. The molecule has 5 nitrogen and oxygen atoms in total. The molecule has 0 radical (unpaired) electrons. The van der Waals surface area contributed by atoms with Crippen LogP contribution in [0.4, 0.5) is 11.5 Å². The van der Waals surface area contributed by atoms with E-state index >= 15 is 0 Å². The van der Waals surface area contributed by atoms with Crippen molar-refractivity contribution in [2.24, 2.45) is 5.73 Å². The Morgan fingerprint density at radius 1 is 1.61 bits per heavy atom. The van der Waals surface area contributed by atoms with Crippen molar-refractivity contribution in [3.05, 3.63) is 17.8 Å². The fraction of sp³-hybridized carbons (Fsp3) is 0.500. The maximum absolute atomic E-state index is 11.2. The number of hydrogen-bond donors (Lipinski definition) is 2. The van der Waals surface area contributed by atoms with Crippen molar-refractivity contribution in [1.29, 1.82) is 0 Å². The first kappa shape index (κ1) is 13.0. The zero-order valence-electron chi connectivity index (χ0n) is 10.4. The highest BCUT2D eigenvalue weighted by molar-refractivity contribution is 8.00. The fourth-order valence-corrected chi connectivity index (χ4v) is 3.19. The van der Waals surface area contributed by atoms with Crippen molar-refractivity contribution in [2.75, 3.05) is 29.5 Å². The normalized spacial score (nSPS) is 19.8. The van der Waals surface area contributed by atoms with Crippen molar-refractivity contribution in [3.63, 3.8) is 0 Å². The van der Waals surface area contributed by atoms with Crippen molar-refractivity contribution in [1.82, 2.24) is 4.98 Å². The summed E-state index contributed by atoms with van der Waals surface area (Å²) >= 11 is 1.98. The maximum Gasteiger partial charge on any atom is 0.267 e. The Morgan fingerprint density at radius 2 is 2.39 bits per heavy atom. The Labute approximate surface area is 111 Å². The summed E-state index contributed by atoms with van der Waals surface area (Å²) in [5, 5.41) is 0.595. The summed E-state index contributed by atoms with van der Waals surface area (Å²) < 4.78 is 0. The van der Waals surface area contributed by atoms with Gasteiger partial charge in [0.05, 0.1) is 5.69 Å². The first-order valence-corrected chi connectivity index (χ1v) is 7.09.